The molecule has 1 aliphatic rings. The third-order valence-electron chi connectivity index (χ3n) is 3.05. The highest BCUT2D eigenvalue weighted by Gasteiger charge is 2.22. The molecule has 122 valence electrons. The summed E-state index contributed by atoms with van der Waals surface area (Å²) in [5, 5.41) is 9.21. The van der Waals surface area contributed by atoms with Gasteiger partial charge in [-0.1, -0.05) is 13.8 Å². The SMILES string of the molecule is CCNC(=NCC(=O)NC1CC1)NCCOCCC(C)C. The number of nitrogens with one attached hydrogen (secondary N) is 3. The molecule has 0 radical (unpaired) electrons. The molecule has 0 spiro atoms. The molecule has 1 rings (SSSR count). The number of guanidine groups is 1. The van der Waals surface area contributed by atoms with Gasteiger partial charge in [-0.15, -0.1) is 0 Å². The highest BCUT2D eigenvalue weighted by atomic mass is 16.5. The van der Waals surface area contributed by atoms with E-state index in [4.69, 9.17) is 4.74 Å². The highest BCUT2D eigenvalue weighted by Crippen LogP contribution is 2.18. The van der Waals surface area contributed by atoms with Crippen LogP contribution in [0.25, 0.3) is 0 Å². The zero-order chi connectivity index (χ0) is 15.5. The maximum absolute atomic E-state index is 11.6. The summed E-state index contributed by atoms with van der Waals surface area (Å²) in [6, 6.07) is 0.387. The summed E-state index contributed by atoms with van der Waals surface area (Å²) < 4.78 is 5.53. The first-order chi connectivity index (χ1) is 10.1. The largest absolute Gasteiger partial charge is 0.380 e. The topological polar surface area (TPSA) is 74.8 Å². The Morgan fingerprint density at radius 1 is 1.29 bits per heavy atom. The maximum atomic E-state index is 11.6. The smallest absolute Gasteiger partial charge is 0.242 e. The quantitative estimate of drug-likeness (QED) is 0.318. The van der Waals surface area contributed by atoms with Gasteiger partial charge in [-0.05, 0) is 32.1 Å². The molecular formula is C15H30N4O2. The zero-order valence-electron chi connectivity index (χ0n) is 13.6. The number of rotatable bonds is 10. The average Bonchev–Trinajstić information content (AvgIpc) is 3.23. The molecule has 21 heavy (non-hydrogen) atoms. The van der Waals surface area contributed by atoms with Crippen LogP contribution in [0, 0.1) is 5.92 Å². The number of ether oxygens (including phenoxy) is 1. The monoisotopic (exact) mass is 298 g/mol. The summed E-state index contributed by atoms with van der Waals surface area (Å²) >= 11 is 0. The summed E-state index contributed by atoms with van der Waals surface area (Å²) in [6.07, 6.45) is 3.28. The lowest BCUT2D eigenvalue weighted by atomic mass is 10.1. The fourth-order valence-corrected chi connectivity index (χ4v) is 1.66. The minimum atomic E-state index is -0.0112. The van der Waals surface area contributed by atoms with Crippen molar-refractivity contribution in [2.24, 2.45) is 10.9 Å². The molecule has 0 saturated heterocycles. The number of carbonyl (C=O) groups excluding carboxylic acids is 1. The Hall–Kier alpha value is -1.30. The first kappa shape index (κ1) is 17.8. The zero-order valence-corrected chi connectivity index (χ0v) is 13.6. The number of hydrogen-bond acceptors (Lipinski definition) is 3. The van der Waals surface area contributed by atoms with Crippen LogP contribution in [0.15, 0.2) is 4.99 Å². The van der Waals surface area contributed by atoms with Gasteiger partial charge in [0, 0.05) is 25.7 Å². The Balaban J connectivity index is 2.13. The molecule has 0 bridgehead atoms. The van der Waals surface area contributed by atoms with E-state index in [2.05, 4.69) is 34.8 Å². The Bertz CT molecular complexity index is 328. The first-order valence-corrected chi connectivity index (χ1v) is 8.01. The predicted octanol–water partition coefficient (Wildman–Crippen LogP) is 0.883. The Labute approximate surface area is 128 Å². The molecule has 0 aliphatic heterocycles. The van der Waals surface area contributed by atoms with Crippen LogP contribution in [-0.4, -0.2) is 50.8 Å². The van der Waals surface area contributed by atoms with Crippen molar-refractivity contribution >= 4 is 11.9 Å². The lowest BCUT2D eigenvalue weighted by Gasteiger charge is -2.12. The number of carbonyl (C=O) groups is 1. The van der Waals surface area contributed by atoms with E-state index in [9.17, 15) is 4.79 Å². The molecule has 3 N–H and O–H groups in total. The molecule has 1 saturated carbocycles. The van der Waals surface area contributed by atoms with E-state index in [0.29, 0.717) is 31.1 Å². The minimum Gasteiger partial charge on any atom is -0.380 e. The fourth-order valence-electron chi connectivity index (χ4n) is 1.66. The van der Waals surface area contributed by atoms with Gasteiger partial charge in [0.2, 0.25) is 5.91 Å². The number of nitrogens with zero attached hydrogens (tertiary/aromatic N) is 1. The van der Waals surface area contributed by atoms with Crippen LogP contribution in [-0.2, 0) is 9.53 Å². The molecular weight excluding hydrogens is 268 g/mol. The van der Waals surface area contributed by atoms with Gasteiger partial charge in [-0.3, -0.25) is 4.79 Å². The van der Waals surface area contributed by atoms with Crippen LogP contribution in [0.1, 0.15) is 40.0 Å². The van der Waals surface area contributed by atoms with Crippen LogP contribution in [0.4, 0.5) is 0 Å². The first-order valence-electron chi connectivity index (χ1n) is 8.01. The van der Waals surface area contributed by atoms with Gasteiger partial charge in [0.05, 0.1) is 6.61 Å². The Kier molecular flexibility index (Phi) is 8.82. The lowest BCUT2D eigenvalue weighted by molar-refractivity contribution is -0.119. The fraction of sp³-hybridized carbons (Fsp3) is 0.867. The van der Waals surface area contributed by atoms with Crippen LogP contribution in [0.5, 0.6) is 0 Å². The van der Waals surface area contributed by atoms with Gasteiger partial charge >= 0.3 is 0 Å². The van der Waals surface area contributed by atoms with Crippen molar-refractivity contribution in [2.45, 2.75) is 46.1 Å². The lowest BCUT2D eigenvalue weighted by Crippen LogP contribution is -2.40. The summed E-state index contributed by atoms with van der Waals surface area (Å²) in [4.78, 5) is 15.8. The second-order valence-corrected chi connectivity index (χ2v) is 5.76. The van der Waals surface area contributed by atoms with Crippen molar-refractivity contribution in [3.05, 3.63) is 0 Å². The minimum absolute atomic E-state index is 0.0112. The van der Waals surface area contributed by atoms with Gasteiger partial charge in [0.15, 0.2) is 5.96 Å². The predicted molar refractivity (Wildman–Crippen MR) is 85.4 cm³/mol. The van der Waals surface area contributed by atoms with E-state index in [1.807, 2.05) is 6.92 Å². The van der Waals surface area contributed by atoms with Crippen molar-refractivity contribution in [1.82, 2.24) is 16.0 Å². The molecule has 0 aromatic heterocycles. The second-order valence-electron chi connectivity index (χ2n) is 5.76. The molecule has 6 nitrogen and oxygen atoms in total. The van der Waals surface area contributed by atoms with Crippen molar-refractivity contribution in [1.29, 1.82) is 0 Å². The number of hydrogen-bond donors (Lipinski definition) is 3. The van der Waals surface area contributed by atoms with Gasteiger partial charge < -0.3 is 20.7 Å². The van der Waals surface area contributed by atoms with E-state index in [0.717, 1.165) is 32.4 Å². The normalized spacial score (nSPS) is 15.1. The molecule has 1 fully saturated rings. The molecule has 1 aliphatic carbocycles. The molecule has 0 atom stereocenters. The van der Waals surface area contributed by atoms with E-state index in [-0.39, 0.29) is 12.5 Å². The third kappa shape index (κ3) is 10.1. The maximum Gasteiger partial charge on any atom is 0.242 e. The Morgan fingerprint density at radius 2 is 2.05 bits per heavy atom. The van der Waals surface area contributed by atoms with E-state index in [1.54, 1.807) is 0 Å². The summed E-state index contributed by atoms with van der Waals surface area (Å²) in [7, 11) is 0. The van der Waals surface area contributed by atoms with Crippen molar-refractivity contribution in [3.63, 3.8) is 0 Å². The van der Waals surface area contributed by atoms with Crippen molar-refractivity contribution in [3.8, 4) is 0 Å². The summed E-state index contributed by atoms with van der Waals surface area (Å²) in [5.74, 6) is 1.32. The van der Waals surface area contributed by atoms with Gasteiger partial charge in [0.25, 0.3) is 0 Å². The second kappa shape index (κ2) is 10.4. The van der Waals surface area contributed by atoms with Crippen molar-refractivity contribution < 1.29 is 9.53 Å². The van der Waals surface area contributed by atoms with Gasteiger partial charge in [-0.2, -0.15) is 0 Å². The summed E-state index contributed by atoms with van der Waals surface area (Å²) in [6.45, 7) is 9.43. The highest BCUT2D eigenvalue weighted by molar-refractivity contribution is 5.85. The third-order valence-corrected chi connectivity index (χ3v) is 3.05. The van der Waals surface area contributed by atoms with Gasteiger partial charge in [0.1, 0.15) is 6.54 Å². The average molecular weight is 298 g/mol. The van der Waals surface area contributed by atoms with E-state index >= 15 is 0 Å². The molecule has 6 heteroatoms. The van der Waals surface area contributed by atoms with Crippen LogP contribution >= 0.6 is 0 Å². The van der Waals surface area contributed by atoms with Crippen LogP contribution in [0.2, 0.25) is 0 Å². The molecule has 1 amide bonds. The van der Waals surface area contributed by atoms with E-state index in [1.165, 1.54) is 0 Å². The molecule has 0 aromatic carbocycles. The number of aliphatic imine (C=N–C) groups is 1. The molecule has 0 unspecified atom stereocenters. The van der Waals surface area contributed by atoms with Crippen LogP contribution in [0.3, 0.4) is 0 Å². The summed E-state index contributed by atoms with van der Waals surface area (Å²) in [5.41, 5.74) is 0. The van der Waals surface area contributed by atoms with Gasteiger partial charge in [-0.25, -0.2) is 4.99 Å². The van der Waals surface area contributed by atoms with Crippen LogP contribution < -0.4 is 16.0 Å². The number of amides is 1. The molecule has 0 aromatic rings. The molecule has 0 heterocycles. The van der Waals surface area contributed by atoms with E-state index < -0.39 is 0 Å². The Morgan fingerprint density at radius 3 is 2.67 bits per heavy atom. The standard InChI is InChI=1S/C15H30N4O2/c1-4-16-15(17-8-10-21-9-7-12(2)3)18-11-14(20)19-13-5-6-13/h12-13H,4-11H2,1-3H3,(H,19,20)(H2,16,17,18). The van der Waals surface area contributed by atoms with Crippen molar-refractivity contribution in [2.75, 3.05) is 32.8 Å².